The van der Waals surface area contributed by atoms with Gasteiger partial charge in [-0.3, -0.25) is 0 Å². The van der Waals surface area contributed by atoms with Gasteiger partial charge in [0, 0.05) is 17.4 Å². The number of rotatable bonds is 5. The molecule has 6 heteroatoms. The number of likely N-dealkylation sites (tertiary alicyclic amines) is 1. The number of carbonyl (C=O) groups excluding carboxylic acids is 1. The van der Waals surface area contributed by atoms with Gasteiger partial charge in [-0.1, -0.05) is 24.3 Å². The second kappa shape index (κ2) is 9.84. The lowest BCUT2D eigenvalue weighted by atomic mass is 9.87. The molecule has 0 N–H and O–H groups in total. The van der Waals surface area contributed by atoms with E-state index in [1.807, 2.05) is 39.2 Å². The molecular weight excluding hydrogens is 401 g/mol. The smallest absolute Gasteiger partial charge is 0.410 e. The Labute approximate surface area is 182 Å². The Morgan fingerprint density at radius 1 is 1.13 bits per heavy atom. The van der Waals surface area contributed by atoms with E-state index >= 15 is 0 Å². The summed E-state index contributed by atoms with van der Waals surface area (Å²) in [5.74, 6) is -0.161. The van der Waals surface area contributed by atoms with Crippen molar-refractivity contribution in [1.82, 2.24) is 4.90 Å². The van der Waals surface area contributed by atoms with E-state index in [-0.39, 0.29) is 23.9 Å². The molecule has 1 aliphatic heterocycles. The minimum absolute atomic E-state index is 0.0924. The first kappa shape index (κ1) is 22.6. The Kier molecular flexibility index (Phi) is 7.42. The molecule has 30 heavy (non-hydrogen) atoms. The summed E-state index contributed by atoms with van der Waals surface area (Å²) >= 11 is 1.70. The fraction of sp³-hybridized carbons (Fsp3) is 0.458. The summed E-state index contributed by atoms with van der Waals surface area (Å²) in [5, 5.41) is 0. The Balaban J connectivity index is 1.73. The Bertz CT molecular complexity index is 833. The van der Waals surface area contributed by atoms with E-state index in [1.54, 1.807) is 16.7 Å². The van der Waals surface area contributed by atoms with Gasteiger partial charge in [-0.2, -0.15) is 0 Å². The second-order valence-corrected chi connectivity index (χ2v) is 9.45. The molecule has 162 valence electrons. The maximum absolute atomic E-state index is 13.4. The minimum Gasteiger partial charge on any atom is -0.444 e. The van der Waals surface area contributed by atoms with Crippen LogP contribution >= 0.6 is 11.8 Å². The second-order valence-electron chi connectivity index (χ2n) is 8.57. The van der Waals surface area contributed by atoms with Crippen molar-refractivity contribution in [2.24, 2.45) is 0 Å². The van der Waals surface area contributed by atoms with Crippen LogP contribution < -0.4 is 0 Å². The van der Waals surface area contributed by atoms with Gasteiger partial charge in [0.15, 0.2) is 0 Å². The summed E-state index contributed by atoms with van der Waals surface area (Å²) in [5.41, 5.74) is 1.57. The molecule has 2 unspecified atom stereocenters. The van der Waals surface area contributed by atoms with Crippen molar-refractivity contribution in [1.29, 1.82) is 0 Å². The predicted octanol–water partition coefficient (Wildman–Crippen LogP) is 5.86. The molecule has 2 aromatic carbocycles. The SMILES string of the molecule is CSc1ccc(COC2CN(C(=O)OC(C)(C)C)CCC2c2ccc(F)cc2)cc1. The van der Waals surface area contributed by atoms with Crippen LogP contribution in [0.1, 0.15) is 44.2 Å². The number of ether oxygens (including phenoxy) is 2. The normalized spacial score (nSPS) is 19.6. The molecule has 3 rings (SSSR count). The van der Waals surface area contributed by atoms with Crippen molar-refractivity contribution >= 4 is 17.9 Å². The molecule has 0 spiro atoms. The van der Waals surface area contributed by atoms with Crippen LogP contribution in [0.15, 0.2) is 53.4 Å². The molecule has 1 amide bonds. The van der Waals surface area contributed by atoms with Crippen LogP contribution in [0.5, 0.6) is 0 Å². The van der Waals surface area contributed by atoms with Gasteiger partial charge in [0.2, 0.25) is 0 Å². The molecule has 1 heterocycles. The molecule has 0 radical (unpaired) electrons. The average Bonchev–Trinajstić information content (AvgIpc) is 2.72. The van der Waals surface area contributed by atoms with Gasteiger partial charge in [-0.15, -0.1) is 11.8 Å². The summed E-state index contributed by atoms with van der Waals surface area (Å²) in [6.45, 7) is 7.07. The summed E-state index contributed by atoms with van der Waals surface area (Å²) in [6, 6.07) is 14.9. The van der Waals surface area contributed by atoms with Crippen LogP contribution in [-0.4, -0.2) is 42.0 Å². The Morgan fingerprint density at radius 3 is 2.40 bits per heavy atom. The van der Waals surface area contributed by atoms with Crippen molar-refractivity contribution < 1.29 is 18.7 Å². The van der Waals surface area contributed by atoms with E-state index in [0.29, 0.717) is 19.7 Å². The van der Waals surface area contributed by atoms with Gasteiger partial charge < -0.3 is 14.4 Å². The molecule has 1 saturated heterocycles. The van der Waals surface area contributed by atoms with Gasteiger partial charge in [0.25, 0.3) is 0 Å². The van der Waals surface area contributed by atoms with Gasteiger partial charge >= 0.3 is 6.09 Å². The molecule has 0 aromatic heterocycles. The molecule has 0 saturated carbocycles. The highest BCUT2D eigenvalue weighted by Gasteiger charge is 2.35. The number of nitrogens with zero attached hydrogens (tertiary/aromatic N) is 1. The fourth-order valence-corrected chi connectivity index (χ4v) is 4.00. The van der Waals surface area contributed by atoms with Crippen molar-refractivity contribution in [2.45, 2.75) is 56.3 Å². The number of benzene rings is 2. The van der Waals surface area contributed by atoms with Gasteiger partial charge in [-0.05, 0) is 68.8 Å². The zero-order valence-corrected chi connectivity index (χ0v) is 18.9. The zero-order chi connectivity index (χ0) is 21.7. The van der Waals surface area contributed by atoms with Crippen LogP contribution in [-0.2, 0) is 16.1 Å². The Hall–Kier alpha value is -2.05. The molecular formula is C24H30FNO3S. The highest BCUT2D eigenvalue weighted by atomic mass is 32.2. The zero-order valence-electron chi connectivity index (χ0n) is 18.1. The molecule has 2 aromatic rings. The monoisotopic (exact) mass is 431 g/mol. The summed E-state index contributed by atoms with van der Waals surface area (Å²) in [4.78, 5) is 15.5. The highest BCUT2D eigenvalue weighted by Crippen LogP contribution is 2.32. The lowest BCUT2D eigenvalue weighted by Gasteiger charge is -2.39. The minimum atomic E-state index is -0.541. The van der Waals surface area contributed by atoms with E-state index < -0.39 is 5.60 Å². The lowest BCUT2D eigenvalue weighted by Crippen LogP contribution is -2.48. The third-order valence-electron chi connectivity index (χ3n) is 5.13. The molecule has 1 fully saturated rings. The van der Waals surface area contributed by atoms with Crippen LogP contribution in [0.25, 0.3) is 0 Å². The number of hydrogen-bond donors (Lipinski definition) is 0. The van der Waals surface area contributed by atoms with Crippen LogP contribution in [0.3, 0.4) is 0 Å². The van der Waals surface area contributed by atoms with Crippen LogP contribution in [0.2, 0.25) is 0 Å². The van der Waals surface area contributed by atoms with E-state index in [0.717, 1.165) is 17.5 Å². The highest BCUT2D eigenvalue weighted by molar-refractivity contribution is 7.98. The number of piperidine rings is 1. The maximum Gasteiger partial charge on any atom is 0.410 e. The van der Waals surface area contributed by atoms with E-state index in [9.17, 15) is 9.18 Å². The van der Waals surface area contributed by atoms with E-state index in [2.05, 4.69) is 24.3 Å². The summed E-state index contributed by atoms with van der Waals surface area (Å²) in [7, 11) is 0. The van der Waals surface area contributed by atoms with Crippen molar-refractivity contribution in [2.75, 3.05) is 19.3 Å². The van der Waals surface area contributed by atoms with Gasteiger partial charge in [-0.25, -0.2) is 9.18 Å². The van der Waals surface area contributed by atoms with E-state index in [4.69, 9.17) is 9.47 Å². The third kappa shape index (κ3) is 6.22. The third-order valence-corrected chi connectivity index (χ3v) is 5.88. The van der Waals surface area contributed by atoms with Gasteiger partial charge in [0.1, 0.15) is 11.4 Å². The first-order valence-electron chi connectivity index (χ1n) is 10.2. The standard InChI is InChI=1S/C24H30FNO3S/c1-24(2,3)29-23(27)26-14-13-21(18-7-9-19(25)10-8-18)22(15-26)28-16-17-5-11-20(30-4)12-6-17/h5-12,21-22H,13-16H2,1-4H3. The fourth-order valence-electron chi connectivity index (χ4n) is 3.59. The molecule has 1 aliphatic rings. The maximum atomic E-state index is 13.4. The van der Waals surface area contributed by atoms with Crippen molar-refractivity contribution in [3.8, 4) is 0 Å². The molecule has 2 atom stereocenters. The predicted molar refractivity (Wildman–Crippen MR) is 118 cm³/mol. The van der Waals surface area contributed by atoms with Crippen LogP contribution in [0, 0.1) is 5.82 Å². The number of amides is 1. The van der Waals surface area contributed by atoms with E-state index in [1.165, 1.54) is 17.0 Å². The quantitative estimate of drug-likeness (QED) is 0.556. The van der Waals surface area contributed by atoms with Crippen molar-refractivity contribution in [3.63, 3.8) is 0 Å². The molecule has 0 aliphatic carbocycles. The van der Waals surface area contributed by atoms with Crippen LogP contribution in [0.4, 0.5) is 9.18 Å². The topological polar surface area (TPSA) is 38.8 Å². The first-order chi connectivity index (χ1) is 14.2. The molecule has 4 nitrogen and oxygen atoms in total. The lowest BCUT2D eigenvalue weighted by molar-refractivity contribution is -0.0359. The average molecular weight is 432 g/mol. The van der Waals surface area contributed by atoms with Crippen molar-refractivity contribution in [3.05, 3.63) is 65.5 Å². The molecule has 0 bridgehead atoms. The number of thioether (sulfide) groups is 1. The summed E-state index contributed by atoms with van der Waals surface area (Å²) in [6.07, 6.45) is 2.27. The number of carbonyl (C=O) groups is 1. The largest absolute Gasteiger partial charge is 0.444 e. The first-order valence-corrected chi connectivity index (χ1v) is 11.5. The summed E-state index contributed by atoms with van der Waals surface area (Å²) < 4.78 is 25.3. The van der Waals surface area contributed by atoms with Gasteiger partial charge in [0.05, 0.1) is 19.3 Å². The number of halogens is 1. The Morgan fingerprint density at radius 2 is 1.80 bits per heavy atom. The number of hydrogen-bond acceptors (Lipinski definition) is 4.